The maximum absolute atomic E-state index is 12.8. The molecule has 0 atom stereocenters. The van der Waals surface area contributed by atoms with Crippen molar-refractivity contribution in [2.24, 2.45) is 0 Å². The van der Waals surface area contributed by atoms with E-state index in [2.05, 4.69) is 69.3 Å². The average molecular weight is 595 g/mol. The smallest absolute Gasteiger partial charge is 0.324 e. The number of anilines is 4. The van der Waals surface area contributed by atoms with Crippen molar-refractivity contribution in [1.29, 1.82) is 0 Å². The summed E-state index contributed by atoms with van der Waals surface area (Å²) in [4.78, 5) is 36.0. The van der Waals surface area contributed by atoms with Gasteiger partial charge in [0.2, 0.25) is 0 Å². The van der Waals surface area contributed by atoms with E-state index in [0.29, 0.717) is 30.8 Å². The monoisotopic (exact) mass is 594 g/mol. The van der Waals surface area contributed by atoms with Crippen molar-refractivity contribution in [2.45, 2.75) is 6.04 Å². The molecule has 228 valence electrons. The van der Waals surface area contributed by atoms with Crippen molar-refractivity contribution in [2.75, 3.05) is 80.5 Å². The summed E-state index contributed by atoms with van der Waals surface area (Å²) in [6.07, 6.45) is 7.40. The quantitative estimate of drug-likeness (QED) is 0.202. The molecule has 0 saturated carbocycles. The van der Waals surface area contributed by atoms with Gasteiger partial charge in [-0.25, -0.2) is 19.7 Å². The third-order valence-electron chi connectivity index (χ3n) is 7.58. The van der Waals surface area contributed by atoms with Gasteiger partial charge in [-0.05, 0) is 50.0 Å². The molecule has 5 heterocycles. The number of H-pyrrole nitrogens is 1. The second kappa shape index (κ2) is 13.1. The minimum absolute atomic E-state index is 0.325. The van der Waals surface area contributed by atoms with E-state index in [9.17, 15) is 4.79 Å². The summed E-state index contributed by atoms with van der Waals surface area (Å²) >= 11 is 0. The predicted octanol–water partition coefficient (Wildman–Crippen LogP) is 3.91. The maximum atomic E-state index is 12.8. The molecule has 0 aliphatic carbocycles. The van der Waals surface area contributed by atoms with Gasteiger partial charge < -0.3 is 35.1 Å². The number of aromatic amines is 1. The molecule has 0 bridgehead atoms. The summed E-state index contributed by atoms with van der Waals surface area (Å²) in [5, 5.41) is 10.2. The van der Waals surface area contributed by atoms with Crippen LogP contribution in [0.15, 0.2) is 79.4 Å². The number of hydrogen-bond donors (Lipinski definition) is 4. The number of carbonyl (C=O) groups is 1. The van der Waals surface area contributed by atoms with Gasteiger partial charge in [0.15, 0.2) is 0 Å². The second-order valence-corrected chi connectivity index (χ2v) is 11.2. The molecule has 3 aromatic heterocycles. The van der Waals surface area contributed by atoms with Gasteiger partial charge in [0, 0.05) is 67.8 Å². The molecule has 2 fully saturated rings. The number of urea groups is 1. The predicted molar refractivity (Wildman–Crippen MR) is 175 cm³/mol. The molecule has 2 amide bonds. The number of nitrogens with zero attached hydrogens (tertiary/aromatic N) is 6. The normalized spacial score (nSPS) is 15.5. The Morgan fingerprint density at radius 3 is 2.64 bits per heavy atom. The summed E-state index contributed by atoms with van der Waals surface area (Å²) in [5.41, 5.74) is 5.28. The highest BCUT2D eigenvalue weighted by Crippen LogP contribution is 2.30. The van der Waals surface area contributed by atoms with Crippen LogP contribution in [0, 0.1) is 0 Å². The topological polar surface area (TPSA) is 127 Å². The lowest BCUT2D eigenvalue weighted by molar-refractivity contribution is 0.122. The van der Waals surface area contributed by atoms with Crippen molar-refractivity contribution in [3.63, 3.8) is 0 Å². The second-order valence-electron chi connectivity index (χ2n) is 11.2. The van der Waals surface area contributed by atoms with E-state index >= 15 is 0 Å². The van der Waals surface area contributed by atoms with Crippen LogP contribution in [0.5, 0.6) is 0 Å². The first kappa shape index (κ1) is 29.1. The fraction of sp³-hybridized carbons (Fsp3) is 0.312. The van der Waals surface area contributed by atoms with E-state index in [4.69, 9.17) is 4.74 Å². The number of ether oxygens (including phenoxy) is 1. The molecular weight excluding hydrogens is 556 g/mol. The van der Waals surface area contributed by atoms with E-state index in [0.717, 1.165) is 72.2 Å². The van der Waals surface area contributed by atoms with Crippen molar-refractivity contribution in [1.82, 2.24) is 30.2 Å². The van der Waals surface area contributed by atoms with Crippen molar-refractivity contribution in [3.05, 3.63) is 79.4 Å². The molecule has 0 radical (unpaired) electrons. The van der Waals surface area contributed by atoms with E-state index in [1.54, 1.807) is 12.5 Å². The zero-order valence-corrected chi connectivity index (χ0v) is 25.1. The summed E-state index contributed by atoms with van der Waals surface area (Å²) in [6, 6.07) is 13.5. The van der Waals surface area contributed by atoms with Gasteiger partial charge in [0.05, 0.1) is 24.6 Å². The molecule has 2 aliphatic rings. The van der Waals surface area contributed by atoms with Crippen molar-refractivity contribution < 1.29 is 9.53 Å². The number of carbonyl (C=O) groups excluding carboxylic acids is 1. The van der Waals surface area contributed by atoms with Crippen LogP contribution in [0.4, 0.5) is 27.8 Å². The number of likely N-dealkylation sites (N-methyl/N-ethyl adjacent to an activating group) is 1. The van der Waals surface area contributed by atoms with E-state index in [-0.39, 0.29) is 6.03 Å². The number of rotatable bonds is 10. The van der Waals surface area contributed by atoms with Gasteiger partial charge in [0.25, 0.3) is 0 Å². The Labute approximate surface area is 256 Å². The van der Waals surface area contributed by atoms with Crippen LogP contribution >= 0.6 is 0 Å². The molecule has 12 nitrogen and oxygen atoms in total. The first-order chi connectivity index (χ1) is 21.4. The number of allylic oxidation sites excluding steroid dienone is 1. The molecule has 44 heavy (non-hydrogen) atoms. The lowest BCUT2D eigenvalue weighted by atomic mass is 10.1. The van der Waals surface area contributed by atoms with E-state index < -0.39 is 0 Å². The van der Waals surface area contributed by atoms with E-state index in [1.807, 2.05) is 56.6 Å². The Hall–Kier alpha value is -4.94. The Morgan fingerprint density at radius 2 is 1.86 bits per heavy atom. The van der Waals surface area contributed by atoms with Crippen LogP contribution in [0.25, 0.3) is 22.3 Å². The molecular formula is C32H38N10O2. The summed E-state index contributed by atoms with van der Waals surface area (Å²) < 4.78 is 5.49. The number of benzene rings is 1. The number of hydrogen-bond acceptors (Lipinski definition) is 9. The minimum Gasteiger partial charge on any atom is -0.379 e. The zero-order valence-electron chi connectivity index (χ0n) is 25.1. The number of aromatic nitrogens is 4. The lowest BCUT2D eigenvalue weighted by Crippen LogP contribution is -2.57. The molecule has 12 heteroatoms. The number of morpholine rings is 1. The fourth-order valence-corrected chi connectivity index (χ4v) is 5.30. The Bertz CT molecular complexity index is 1640. The zero-order chi connectivity index (χ0) is 30.5. The van der Waals surface area contributed by atoms with Crippen LogP contribution in [0.1, 0.15) is 0 Å². The third kappa shape index (κ3) is 6.99. The van der Waals surface area contributed by atoms with Gasteiger partial charge >= 0.3 is 6.03 Å². The molecule has 2 aliphatic heterocycles. The standard InChI is InChI=1S/C32H38N10O2/c1-22(5-4-12-40(2)3)36-25-19-42(20-25)26-10-11-33-29(17-26)39-32(43)37-24-8-6-23(7-9-24)28-18-27-30(38-28)34-21-35-31(27)41-13-15-44-16-14-41/h4-11,17-18,21,25,36H,1,12-16,19-20H2,2-3H3,(H,34,35,38)(H2,33,37,39,43)/b5-4+. The first-order valence-corrected chi connectivity index (χ1v) is 14.7. The number of nitrogens with one attached hydrogen (secondary N) is 4. The van der Waals surface area contributed by atoms with Crippen LogP contribution in [0.2, 0.25) is 0 Å². The van der Waals surface area contributed by atoms with Gasteiger partial charge in [-0.15, -0.1) is 0 Å². The molecule has 1 aromatic carbocycles. The largest absolute Gasteiger partial charge is 0.379 e. The number of amides is 2. The average Bonchev–Trinajstić information content (AvgIpc) is 3.44. The summed E-state index contributed by atoms with van der Waals surface area (Å²) in [5.74, 6) is 1.40. The highest BCUT2D eigenvalue weighted by molar-refractivity contribution is 5.99. The summed E-state index contributed by atoms with van der Waals surface area (Å²) in [6.45, 7) is 9.65. The molecule has 0 unspecified atom stereocenters. The highest BCUT2D eigenvalue weighted by atomic mass is 16.5. The van der Waals surface area contributed by atoms with Gasteiger partial charge in [-0.3, -0.25) is 5.32 Å². The van der Waals surface area contributed by atoms with Crippen molar-refractivity contribution >= 4 is 40.1 Å². The number of fused-ring (bicyclic) bond motifs is 1. The van der Waals surface area contributed by atoms with Gasteiger partial charge in [-0.1, -0.05) is 24.8 Å². The molecule has 0 spiro atoms. The number of pyridine rings is 1. The van der Waals surface area contributed by atoms with E-state index in [1.165, 1.54) is 0 Å². The first-order valence-electron chi connectivity index (χ1n) is 14.7. The van der Waals surface area contributed by atoms with Crippen LogP contribution in [0.3, 0.4) is 0 Å². The van der Waals surface area contributed by atoms with Gasteiger partial charge in [0.1, 0.15) is 23.6 Å². The maximum Gasteiger partial charge on any atom is 0.324 e. The Kier molecular flexibility index (Phi) is 8.71. The van der Waals surface area contributed by atoms with Crippen molar-refractivity contribution in [3.8, 4) is 11.3 Å². The molecule has 6 rings (SSSR count). The SMILES string of the molecule is C=C(/C=C/CN(C)C)NC1CN(c2ccnc(NC(=O)Nc3ccc(-c4cc5c(N6CCOCC6)ncnc5[nH]4)cc3)c2)C1. The van der Waals surface area contributed by atoms with Gasteiger partial charge in [-0.2, -0.15) is 0 Å². The minimum atomic E-state index is -0.359. The Morgan fingerprint density at radius 1 is 1.07 bits per heavy atom. The fourth-order valence-electron chi connectivity index (χ4n) is 5.30. The van der Waals surface area contributed by atoms with Crippen LogP contribution in [-0.4, -0.2) is 96.9 Å². The van der Waals surface area contributed by atoms with Crippen LogP contribution in [-0.2, 0) is 4.74 Å². The summed E-state index contributed by atoms with van der Waals surface area (Å²) in [7, 11) is 4.07. The highest BCUT2D eigenvalue weighted by Gasteiger charge is 2.27. The lowest BCUT2D eigenvalue weighted by Gasteiger charge is -2.42. The van der Waals surface area contributed by atoms with Crippen LogP contribution < -0.4 is 25.8 Å². The molecule has 2 saturated heterocycles. The molecule has 4 aromatic rings. The molecule has 4 N–H and O–H groups in total. The third-order valence-corrected chi connectivity index (χ3v) is 7.58. The Balaban J connectivity index is 1.02.